The Morgan fingerprint density at radius 3 is 2.53 bits per heavy atom. The fourth-order valence-electron chi connectivity index (χ4n) is 7.03. The fraction of sp³-hybridized carbons (Fsp3) is 0.679. The number of fused-ring (bicyclic) bond motifs is 1. The first-order valence-electron chi connectivity index (χ1n) is 13.9. The van der Waals surface area contributed by atoms with Gasteiger partial charge in [-0.2, -0.15) is 0 Å². The number of aliphatic hydroxyl groups excluding tert-OH is 1. The van der Waals surface area contributed by atoms with Gasteiger partial charge >= 0.3 is 0 Å². The van der Waals surface area contributed by atoms with Gasteiger partial charge in [-0.3, -0.25) is 14.4 Å². The third-order valence-electron chi connectivity index (χ3n) is 8.74. The van der Waals surface area contributed by atoms with Crippen molar-refractivity contribution >= 4 is 51.1 Å². The van der Waals surface area contributed by atoms with E-state index in [1.54, 1.807) is 28.8 Å². The van der Waals surface area contributed by atoms with Crippen LogP contribution in [0.5, 0.6) is 5.75 Å². The molecule has 1 aliphatic carbocycles. The highest BCUT2D eigenvalue weighted by Gasteiger charge is 2.76. The molecule has 1 aromatic carbocycles. The lowest BCUT2D eigenvalue weighted by Gasteiger charge is -2.38. The van der Waals surface area contributed by atoms with Gasteiger partial charge in [0, 0.05) is 21.8 Å². The number of benzene rings is 1. The largest absolute Gasteiger partial charge is 0.494 e. The Balaban J connectivity index is 1.44. The molecule has 38 heavy (non-hydrogen) atoms. The molecule has 10 heteroatoms. The number of carbonyl (C=O) groups excluding carboxylic acids is 3. The maximum absolute atomic E-state index is 14.1. The van der Waals surface area contributed by atoms with E-state index in [1.807, 2.05) is 26.0 Å². The van der Waals surface area contributed by atoms with E-state index in [0.29, 0.717) is 25.1 Å². The van der Waals surface area contributed by atoms with E-state index in [1.165, 1.54) is 6.42 Å². The number of ether oxygens (including phenoxy) is 1. The smallest absolute Gasteiger partial charge is 0.244 e. The number of hydrogen-bond acceptors (Lipinski definition) is 6. The first-order valence-corrected chi connectivity index (χ1v) is 15.7. The molecule has 3 aliphatic heterocycles. The van der Waals surface area contributed by atoms with Gasteiger partial charge in [-0.05, 0) is 56.9 Å². The van der Waals surface area contributed by atoms with Gasteiger partial charge in [0.15, 0.2) is 0 Å². The fourth-order valence-corrected chi connectivity index (χ4v) is 10.6. The summed E-state index contributed by atoms with van der Waals surface area (Å²) in [5.41, 5.74) is 0.641. The average molecular weight is 609 g/mol. The summed E-state index contributed by atoms with van der Waals surface area (Å²) in [5.74, 6) is -0.999. The predicted octanol–water partition coefficient (Wildman–Crippen LogP) is 3.71. The first kappa shape index (κ1) is 27.8. The lowest BCUT2D eigenvalue weighted by Crippen LogP contribution is -2.58. The number of halogens is 1. The van der Waals surface area contributed by atoms with Gasteiger partial charge in [0.05, 0.1) is 35.8 Å². The Bertz CT molecular complexity index is 1050. The van der Waals surface area contributed by atoms with Gasteiger partial charge in [-0.15, -0.1) is 11.8 Å². The summed E-state index contributed by atoms with van der Waals surface area (Å²) in [6.07, 6.45) is 6.43. The summed E-state index contributed by atoms with van der Waals surface area (Å²) in [6, 6.07) is 6.15. The Morgan fingerprint density at radius 1 is 1.18 bits per heavy atom. The van der Waals surface area contributed by atoms with Gasteiger partial charge in [0.25, 0.3) is 0 Å². The summed E-state index contributed by atoms with van der Waals surface area (Å²) in [4.78, 5) is 43.5. The van der Waals surface area contributed by atoms with Crippen LogP contribution in [0.4, 0.5) is 5.69 Å². The number of hydrogen-bond donors (Lipinski definition) is 3. The molecular weight excluding hydrogens is 570 g/mol. The maximum atomic E-state index is 14.1. The van der Waals surface area contributed by atoms with E-state index in [9.17, 15) is 19.5 Å². The molecule has 3 N–H and O–H groups in total. The van der Waals surface area contributed by atoms with Crippen molar-refractivity contribution in [3.8, 4) is 5.75 Å². The van der Waals surface area contributed by atoms with Gasteiger partial charge in [0.1, 0.15) is 11.8 Å². The summed E-state index contributed by atoms with van der Waals surface area (Å²) in [6.45, 7) is 4.18. The molecule has 1 aromatic rings. The van der Waals surface area contributed by atoms with Crippen LogP contribution < -0.4 is 15.4 Å². The number of nitrogens with one attached hydrogen (secondary N) is 2. The summed E-state index contributed by atoms with van der Waals surface area (Å²) in [5, 5.41) is 16.4. The molecule has 1 spiro atoms. The van der Waals surface area contributed by atoms with Crippen molar-refractivity contribution in [1.82, 2.24) is 10.2 Å². The topological polar surface area (TPSA) is 108 Å². The molecule has 208 valence electrons. The van der Waals surface area contributed by atoms with E-state index in [0.717, 1.165) is 31.4 Å². The minimum atomic E-state index is -0.711. The second-order valence-corrected chi connectivity index (χ2v) is 13.7. The van der Waals surface area contributed by atoms with E-state index < -0.39 is 28.7 Å². The minimum absolute atomic E-state index is 0.00626. The second kappa shape index (κ2) is 11.4. The predicted molar refractivity (Wildman–Crippen MR) is 151 cm³/mol. The van der Waals surface area contributed by atoms with Crippen LogP contribution in [-0.4, -0.2) is 73.9 Å². The monoisotopic (exact) mass is 607 g/mol. The van der Waals surface area contributed by atoms with E-state index in [2.05, 4.69) is 26.6 Å². The zero-order valence-corrected chi connectivity index (χ0v) is 24.4. The van der Waals surface area contributed by atoms with Crippen LogP contribution in [-0.2, 0) is 14.4 Å². The third kappa shape index (κ3) is 4.74. The van der Waals surface area contributed by atoms with E-state index in [4.69, 9.17) is 4.74 Å². The molecule has 2 bridgehead atoms. The molecule has 3 saturated heterocycles. The Morgan fingerprint density at radius 2 is 1.89 bits per heavy atom. The van der Waals surface area contributed by atoms with Crippen molar-refractivity contribution in [2.45, 2.75) is 91.7 Å². The molecule has 4 fully saturated rings. The lowest BCUT2D eigenvalue weighted by molar-refractivity contribution is -0.142. The summed E-state index contributed by atoms with van der Waals surface area (Å²) in [7, 11) is 0. The van der Waals surface area contributed by atoms with Crippen molar-refractivity contribution in [3.63, 3.8) is 0 Å². The zero-order valence-electron chi connectivity index (χ0n) is 22.0. The Labute approximate surface area is 237 Å². The van der Waals surface area contributed by atoms with Crippen molar-refractivity contribution in [2.24, 2.45) is 11.8 Å². The molecule has 3 unspecified atom stereocenters. The van der Waals surface area contributed by atoms with Crippen LogP contribution in [0.1, 0.15) is 58.8 Å². The molecule has 3 amide bonds. The van der Waals surface area contributed by atoms with Crippen LogP contribution in [0.3, 0.4) is 0 Å². The molecular formula is C28H38BrN3O5S. The molecule has 4 aliphatic rings. The number of rotatable bonds is 9. The number of aliphatic hydroxyl groups is 1. The summed E-state index contributed by atoms with van der Waals surface area (Å²) < 4.78 is 4.79. The van der Waals surface area contributed by atoms with E-state index >= 15 is 0 Å². The highest BCUT2D eigenvalue weighted by molar-refractivity contribution is 9.09. The molecule has 0 radical (unpaired) electrons. The van der Waals surface area contributed by atoms with Gasteiger partial charge in [-0.25, -0.2) is 0 Å². The Kier molecular flexibility index (Phi) is 8.31. The molecule has 0 aromatic heterocycles. The third-order valence-corrected chi connectivity index (χ3v) is 12.0. The zero-order chi connectivity index (χ0) is 27.0. The number of anilines is 1. The van der Waals surface area contributed by atoms with Crippen LogP contribution in [0.25, 0.3) is 0 Å². The van der Waals surface area contributed by atoms with Gasteiger partial charge in [0.2, 0.25) is 17.7 Å². The van der Waals surface area contributed by atoms with E-state index in [-0.39, 0.29) is 40.4 Å². The molecule has 7 atom stereocenters. The average Bonchev–Trinajstić information content (AvgIpc) is 3.50. The standard InChI is InChI=1S/C28H38BrN3O5S/c1-3-18(15-33)32-24(26(35)31-16-8-6-5-7-9-16)28-14-20(29)23(38-28)21(22(28)27(32)36)25(34)30-17-10-12-19(13-11-17)37-4-2/h10-13,16,18,20-24,33H,3-9,14-15H2,1-2H3,(H,30,34)(H,31,35)/t18-,20?,21-,22-,23-,24?,28?/m0/s1. The molecule has 3 heterocycles. The SMILES string of the molecule is CCOc1ccc(NC(=O)[C@H]2[C@H]3C(=O)N([C@@H](CC)CO)C(C(=O)NC4CCCCC4)C34CC(Br)[C@@H]2S4)cc1. The van der Waals surface area contributed by atoms with Crippen molar-refractivity contribution in [2.75, 3.05) is 18.5 Å². The summed E-state index contributed by atoms with van der Waals surface area (Å²) >= 11 is 5.43. The molecule has 1 saturated carbocycles. The van der Waals surface area contributed by atoms with Crippen molar-refractivity contribution in [3.05, 3.63) is 24.3 Å². The van der Waals surface area contributed by atoms with Crippen molar-refractivity contribution in [1.29, 1.82) is 0 Å². The second-order valence-electron chi connectivity index (χ2n) is 10.9. The molecule has 5 rings (SSSR count). The maximum Gasteiger partial charge on any atom is 0.244 e. The minimum Gasteiger partial charge on any atom is -0.494 e. The number of likely N-dealkylation sites (tertiary alicyclic amines) is 1. The quantitative estimate of drug-likeness (QED) is 0.369. The first-order chi connectivity index (χ1) is 18.3. The number of carbonyl (C=O) groups is 3. The van der Waals surface area contributed by atoms with Crippen LogP contribution in [0.2, 0.25) is 0 Å². The van der Waals surface area contributed by atoms with Crippen LogP contribution in [0, 0.1) is 11.8 Å². The number of nitrogens with zero attached hydrogens (tertiary/aromatic N) is 1. The normalized spacial score (nSPS) is 33.2. The number of alkyl halides is 1. The number of thioether (sulfide) groups is 1. The number of amides is 3. The Hall–Kier alpha value is -1.78. The van der Waals surface area contributed by atoms with Crippen molar-refractivity contribution < 1.29 is 24.2 Å². The van der Waals surface area contributed by atoms with Crippen LogP contribution in [0.15, 0.2) is 24.3 Å². The van der Waals surface area contributed by atoms with Gasteiger partial charge < -0.3 is 25.4 Å². The lowest BCUT2D eigenvalue weighted by atomic mass is 9.70. The van der Waals surface area contributed by atoms with Crippen LogP contribution >= 0.6 is 27.7 Å². The highest BCUT2D eigenvalue weighted by Crippen LogP contribution is 2.68. The highest BCUT2D eigenvalue weighted by atomic mass is 79.9. The van der Waals surface area contributed by atoms with Gasteiger partial charge in [-0.1, -0.05) is 42.1 Å². The molecule has 8 nitrogen and oxygen atoms in total.